The molecule has 0 bridgehead atoms. The van der Waals surface area contributed by atoms with Crippen molar-refractivity contribution in [3.8, 4) is 17.0 Å². The summed E-state index contributed by atoms with van der Waals surface area (Å²) in [5.74, 6) is 0.428. The van der Waals surface area contributed by atoms with E-state index in [0.29, 0.717) is 11.3 Å². The first-order valence-corrected chi connectivity index (χ1v) is 6.63. The molecule has 2 aromatic rings. The standard InChI is InChI=1S/C16H17FN2O2/c1-11-9-12(3-5-14(11)16(20)18-2)15-6-4-13(10-19-15)21-8-7-17/h3-6,9-10H,7-8H2,1-2H3,(H,18,20). The van der Waals surface area contributed by atoms with Crippen LogP contribution in [0.2, 0.25) is 0 Å². The summed E-state index contributed by atoms with van der Waals surface area (Å²) in [5, 5.41) is 2.61. The van der Waals surface area contributed by atoms with Crippen LogP contribution in [0.15, 0.2) is 36.5 Å². The molecule has 0 saturated carbocycles. The van der Waals surface area contributed by atoms with E-state index >= 15 is 0 Å². The van der Waals surface area contributed by atoms with Gasteiger partial charge < -0.3 is 10.1 Å². The van der Waals surface area contributed by atoms with Crippen LogP contribution >= 0.6 is 0 Å². The van der Waals surface area contributed by atoms with Gasteiger partial charge in [0.2, 0.25) is 0 Å². The Morgan fingerprint density at radius 3 is 2.71 bits per heavy atom. The van der Waals surface area contributed by atoms with Crippen LogP contribution in [-0.2, 0) is 0 Å². The summed E-state index contributed by atoms with van der Waals surface area (Å²) in [7, 11) is 1.60. The van der Waals surface area contributed by atoms with E-state index in [9.17, 15) is 9.18 Å². The van der Waals surface area contributed by atoms with Crippen molar-refractivity contribution in [1.82, 2.24) is 10.3 Å². The van der Waals surface area contributed by atoms with Gasteiger partial charge in [-0.25, -0.2) is 4.39 Å². The van der Waals surface area contributed by atoms with E-state index < -0.39 is 6.67 Å². The number of benzene rings is 1. The third kappa shape index (κ3) is 3.56. The molecule has 2 rings (SSSR count). The zero-order valence-electron chi connectivity index (χ0n) is 12.0. The maximum atomic E-state index is 12.0. The SMILES string of the molecule is CNC(=O)c1ccc(-c2ccc(OCCF)cn2)cc1C. The van der Waals surface area contributed by atoms with Crippen molar-refractivity contribution in [2.45, 2.75) is 6.92 Å². The predicted octanol–water partition coefficient (Wildman–Crippen LogP) is 2.76. The Morgan fingerprint density at radius 2 is 2.14 bits per heavy atom. The molecule has 0 radical (unpaired) electrons. The van der Waals surface area contributed by atoms with Crippen molar-refractivity contribution in [3.05, 3.63) is 47.7 Å². The molecular formula is C16H17FN2O2. The Labute approximate surface area is 123 Å². The average Bonchev–Trinajstić information content (AvgIpc) is 2.52. The highest BCUT2D eigenvalue weighted by Crippen LogP contribution is 2.22. The maximum Gasteiger partial charge on any atom is 0.251 e. The second-order valence-corrected chi connectivity index (χ2v) is 4.53. The van der Waals surface area contributed by atoms with Gasteiger partial charge in [0, 0.05) is 18.2 Å². The van der Waals surface area contributed by atoms with Crippen molar-refractivity contribution in [1.29, 1.82) is 0 Å². The molecule has 4 nitrogen and oxygen atoms in total. The number of hydrogen-bond acceptors (Lipinski definition) is 3. The van der Waals surface area contributed by atoms with Crippen molar-refractivity contribution in [3.63, 3.8) is 0 Å². The monoisotopic (exact) mass is 288 g/mol. The molecule has 21 heavy (non-hydrogen) atoms. The molecule has 0 fully saturated rings. The minimum Gasteiger partial charge on any atom is -0.489 e. The highest BCUT2D eigenvalue weighted by molar-refractivity contribution is 5.95. The normalized spacial score (nSPS) is 10.2. The first-order valence-electron chi connectivity index (χ1n) is 6.63. The highest BCUT2D eigenvalue weighted by Gasteiger charge is 2.09. The molecule has 0 aliphatic rings. The lowest BCUT2D eigenvalue weighted by atomic mass is 10.0. The molecule has 0 saturated heterocycles. The lowest BCUT2D eigenvalue weighted by Gasteiger charge is -2.08. The number of ether oxygens (including phenoxy) is 1. The number of aryl methyl sites for hydroxylation is 1. The van der Waals surface area contributed by atoms with Gasteiger partial charge in [0.15, 0.2) is 0 Å². The van der Waals surface area contributed by atoms with Crippen LogP contribution < -0.4 is 10.1 Å². The number of amides is 1. The smallest absolute Gasteiger partial charge is 0.251 e. The summed E-state index contributed by atoms with van der Waals surface area (Å²) < 4.78 is 17.2. The van der Waals surface area contributed by atoms with E-state index in [4.69, 9.17) is 4.74 Å². The quantitative estimate of drug-likeness (QED) is 0.920. The van der Waals surface area contributed by atoms with Gasteiger partial charge in [0.25, 0.3) is 5.91 Å². The van der Waals surface area contributed by atoms with Crippen LogP contribution in [0, 0.1) is 6.92 Å². The number of rotatable bonds is 5. The van der Waals surface area contributed by atoms with E-state index in [1.165, 1.54) is 0 Å². The number of carbonyl (C=O) groups excluding carboxylic acids is 1. The molecule has 1 heterocycles. The van der Waals surface area contributed by atoms with E-state index in [1.54, 1.807) is 25.4 Å². The minimum atomic E-state index is -0.526. The van der Waals surface area contributed by atoms with Gasteiger partial charge in [-0.3, -0.25) is 9.78 Å². The third-order valence-corrected chi connectivity index (χ3v) is 3.08. The summed E-state index contributed by atoms with van der Waals surface area (Å²) >= 11 is 0. The van der Waals surface area contributed by atoms with Crippen molar-refractivity contribution >= 4 is 5.91 Å². The molecule has 1 aromatic heterocycles. The molecule has 0 atom stereocenters. The van der Waals surface area contributed by atoms with Gasteiger partial charge in [0.05, 0.1) is 11.9 Å². The van der Waals surface area contributed by atoms with Crippen molar-refractivity contribution in [2.24, 2.45) is 0 Å². The highest BCUT2D eigenvalue weighted by atomic mass is 19.1. The Balaban J connectivity index is 2.22. The van der Waals surface area contributed by atoms with Crippen molar-refractivity contribution < 1.29 is 13.9 Å². The van der Waals surface area contributed by atoms with Gasteiger partial charge in [-0.15, -0.1) is 0 Å². The Hall–Kier alpha value is -2.43. The zero-order chi connectivity index (χ0) is 15.2. The maximum absolute atomic E-state index is 12.0. The molecule has 0 spiro atoms. The molecular weight excluding hydrogens is 271 g/mol. The summed E-state index contributed by atoms with van der Waals surface area (Å²) in [6.07, 6.45) is 1.56. The summed E-state index contributed by atoms with van der Waals surface area (Å²) in [6.45, 7) is 1.38. The molecule has 110 valence electrons. The fourth-order valence-corrected chi connectivity index (χ4v) is 2.01. The van der Waals surface area contributed by atoms with Crippen LogP contribution in [0.3, 0.4) is 0 Å². The van der Waals surface area contributed by atoms with E-state index in [0.717, 1.165) is 16.8 Å². The molecule has 0 unspecified atom stereocenters. The number of halogens is 1. The van der Waals surface area contributed by atoms with Crippen LogP contribution in [0.25, 0.3) is 11.3 Å². The molecule has 5 heteroatoms. The Bertz CT molecular complexity index is 627. The topological polar surface area (TPSA) is 51.2 Å². The van der Waals surface area contributed by atoms with Crippen LogP contribution in [0.4, 0.5) is 4.39 Å². The molecule has 1 aromatic carbocycles. The van der Waals surface area contributed by atoms with Crippen LogP contribution in [0.5, 0.6) is 5.75 Å². The number of carbonyl (C=O) groups is 1. The van der Waals surface area contributed by atoms with Crippen LogP contribution in [0.1, 0.15) is 15.9 Å². The second kappa shape index (κ2) is 6.83. The van der Waals surface area contributed by atoms with Gasteiger partial charge in [-0.2, -0.15) is 0 Å². The van der Waals surface area contributed by atoms with E-state index in [-0.39, 0.29) is 12.5 Å². The lowest BCUT2D eigenvalue weighted by Crippen LogP contribution is -2.18. The number of pyridine rings is 1. The molecule has 1 amide bonds. The zero-order valence-corrected chi connectivity index (χ0v) is 12.0. The Kier molecular flexibility index (Phi) is 4.87. The van der Waals surface area contributed by atoms with E-state index in [2.05, 4.69) is 10.3 Å². The number of aromatic nitrogens is 1. The predicted molar refractivity (Wildman–Crippen MR) is 79.3 cm³/mol. The van der Waals surface area contributed by atoms with Gasteiger partial charge in [0.1, 0.15) is 19.0 Å². The number of nitrogens with zero attached hydrogens (tertiary/aromatic N) is 1. The second-order valence-electron chi connectivity index (χ2n) is 4.53. The largest absolute Gasteiger partial charge is 0.489 e. The first-order chi connectivity index (χ1) is 10.2. The number of nitrogens with one attached hydrogen (secondary N) is 1. The fourth-order valence-electron chi connectivity index (χ4n) is 2.01. The third-order valence-electron chi connectivity index (χ3n) is 3.08. The van der Waals surface area contributed by atoms with Gasteiger partial charge in [-0.1, -0.05) is 6.07 Å². The van der Waals surface area contributed by atoms with Crippen LogP contribution in [-0.4, -0.2) is 31.2 Å². The summed E-state index contributed by atoms with van der Waals surface area (Å²) in [6, 6.07) is 9.09. The van der Waals surface area contributed by atoms with Gasteiger partial charge >= 0.3 is 0 Å². The lowest BCUT2D eigenvalue weighted by molar-refractivity contribution is 0.0962. The van der Waals surface area contributed by atoms with Crippen molar-refractivity contribution in [2.75, 3.05) is 20.3 Å². The minimum absolute atomic E-state index is 0.0287. The fraction of sp³-hybridized carbons (Fsp3) is 0.250. The summed E-state index contributed by atoms with van der Waals surface area (Å²) in [4.78, 5) is 15.9. The average molecular weight is 288 g/mol. The molecule has 0 aliphatic carbocycles. The number of alkyl halides is 1. The summed E-state index contributed by atoms with van der Waals surface area (Å²) in [5.41, 5.74) is 3.21. The van der Waals surface area contributed by atoms with E-state index in [1.807, 2.05) is 25.1 Å². The van der Waals surface area contributed by atoms with Gasteiger partial charge in [-0.05, 0) is 36.8 Å². The molecule has 1 N–H and O–H groups in total. The Morgan fingerprint density at radius 1 is 1.33 bits per heavy atom. The first kappa shape index (κ1) is 15.0. The number of hydrogen-bond donors (Lipinski definition) is 1. The molecule has 0 aliphatic heterocycles.